The van der Waals surface area contributed by atoms with E-state index in [0.717, 1.165) is 16.0 Å². The summed E-state index contributed by atoms with van der Waals surface area (Å²) in [6.07, 6.45) is 2.62. The predicted octanol–water partition coefficient (Wildman–Crippen LogP) is 3.43. The third-order valence-corrected chi connectivity index (χ3v) is 8.86. The number of fused-ring (bicyclic) bond motifs is 1. The summed E-state index contributed by atoms with van der Waals surface area (Å²) in [7, 11) is -0.476. The first kappa shape index (κ1) is 24.2. The summed E-state index contributed by atoms with van der Waals surface area (Å²) in [5.74, 6) is 0.790. The Bertz CT molecular complexity index is 1370. The molecule has 1 amide bonds. The van der Waals surface area contributed by atoms with E-state index >= 15 is 0 Å². The Morgan fingerprint density at radius 2 is 1.76 bits per heavy atom. The van der Waals surface area contributed by atoms with E-state index in [2.05, 4.69) is 11.6 Å². The molecule has 1 aliphatic heterocycles. The van der Waals surface area contributed by atoms with Crippen molar-refractivity contribution in [3.8, 4) is 11.5 Å². The van der Waals surface area contributed by atoms with Crippen molar-refractivity contribution in [3.63, 3.8) is 0 Å². The lowest BCUT2D eigenvalue weighted by Crippen LogP contribution is -2.40. The van der Waals surface area contributed by atoms with Crippen LogP contribution in [0.25, 0.3) is 10.2 Å². The largest absolute Gasteiger partial charge is 0.497 e. The van der Waals surface area contributed by atoms with Crippen LogP contribution < -0.4 is 14.3 Å². The lowest BCUT2D eigenvalue weighted by atomic mass is 9.98. The highest BCUT2D eigenvalue weighted by Crippen LogP contribution is 2.27. The van der Waals surface area contributed by atoms with Gasteiger partial charge in [-0.3, -0.25) is 4.79 Å². The van der Waals surface area contributed by atoms with E-state index in [1.165, 1.54) is 34.9 Å². The number of benzene rings is 2. The molecule has 1 aliphatic rings. The predicted molar refractivity (Wildman–Crippen MR) is 132 cm³/mol. The molecule has 3 aromatic rings. The molecule has 34 heavy (non-hydrogen) atoms. The normalized spacial score (nSPS) is 16.0. The lowest BCUT2D eigenvalue weighted by Gasteiger charge is -2.29. The molecular formula is C24H27N3O5S2. The molecule has 0 bridgehead atoms. The van der Waals surface area contributed by atoms with Gasteiger partial charge in [0, 0.05) is 25.6 Å². The highest BCUT2D eigenvalue weighted by atomic mass is 32.2. The zero-order chi connectivity index (χ0) is 24.3. The monoisotopic (exact) mass is 501 g/mol. The van der Waals surface area contributed by atoms with Gasteiger partial charge in [-0.15, -0.1) is 6.58 Å². The molecule has 0 aliphatic carbocycles. The van der Waals surface area contributed by atoms with Crippen molar-refractivity contribution < 1.29 is 22.7 Å². The van der Waals surface area contributed by atoms with Crippen molar-refractivity contribution in [2.24, 2.45) is 10.9 Å². The molecule has 0 saturated carbocycles. The standard InChI is InChI=1S/C24H27N3O5S2/c1-4-13-27-21-10-7-19(32-3)16-22(21)33-24(27)25-23(28)17-11-14-26(15-12-17)34(29,30)20-8-5-18(31-2)6-9-20/h4-10,16-17H,1,11-15H2,2-3H3. The van der Waals surface area contributed by atoms with Gasteiger partial charge in [-0.2, -0.15) is 9.30 Å². The summed E-state index contributed by atoms with van der Waals surface area (Å²) in [5, 5.41) is 0. The van der Waals surface area contributed by atoms with Crippen molar-refractivity contribution in [2.75, 3.05) is 27.3 Å². The molecule has 10 heteroatoms. The number of aromatic nitrogens is 1. The Kier molecular flexibility index (Phi) is 7.20. The van der Waals surface area contributed by atoms with Crippen LogP contribution in [0, 0.1) is 5.92 Å². The lowest BCUT2D eigenvalue weighted by molar-refractivity contribution is -0.122. The minimum Gasteiger partial charge on any atom is -0.497 e. The summed E-state index contributed by atoms with van der Waals surface area (Å²) in [6.45, 7) is 4.89. The fourth-order valence-electron chi connectivity index (χ4n) is 4.00. The number of hydrogen-bond acceptors (Lipinski definition) is 6. The smallest absolute Gasteiger partial charge is 0.251 e. The van der Waals surface area contributed by atoms with Gasteiger partial charge in [0.2, 0.25) is 10.0 Å². The van der Waals surface area contributed by atoms with Crippen LogP contribution in [0.4, 0.5) is 0 Å². The molecule has 0 radical (unpaired) electrons. The number of allylic oxidation sites excluding steroid dienone is 1. The third kappa shape index (κ3) is 4.79. The maximum atomic E-state index is 13.0. The molecule has 2 heterocycles. The summed E-state index contributed by atoms with van der Waals surface area (Å²) in [4.78, 5) is 18.3. The van der Waals surface area contributed by atoms with Gasteiger partial charge in [0.25, 0.3) is 5.91 Å². The fourth-order valence-corrected chi connectivity index (χ4v) is 6.54. The second-order valence-corrected chi connectivity index (χ2v) is 10.9. The zero-order valence-corrected chi connectivity index (χ0v) is 20.8. The Hall–Kier alpha value is -2.95. The maximum Gasteiger partial charge on any atom is 0.251 e. The van der Waals surface area contributed by atoms with Gasteiger partial charge < -0.3 is 14.0 Å². The molecule has 1 fully saturated rings. The Morgan fingerprint density at radius 3 is 2.38 bits per heavy atom. The van der Waals surface area contributed by atoms with E-state index in [1.807, 2.05) is 22.8 Å². The van der Waals surface area contributed by atoms with Crippen LogP contribution in [-0.4, -0.2) is 50.5 Å². The molecule has 8 nitrogen and oxygen atoms in total. The topological polar surface area (TPSA) is 90.2 Å². The fraction of sp³-hybridized carbons (Fsp3) is 0.333. The number of methoxy groups -OCH3 is 2. The van der Waals surface area contributed by atoms with Gasteiger partial charge in [0.15, 0.2) is 4.80 Å². The zero-order valence-electron chi connectivity index (χ0n) is 19.1. The van der Waals surface area contributed by atoms with E-state index in [9.17, 15) is 13.2 Å². The van der Waals surface area contributed by atoms with Crippen LogP contribution in [0.2, 0.25) is 0 Å². The number of piperidine rings is 1. The van der Waals surface area contributed by atoms with E-state index in [4.69, 9.17) is 9.47 Å². The van der Waals surface area contributed by atoms with Crippen molar-refractivity contribution in [2.45, 2.75) is 24.3 Å². The number of thiazole rings is 1. The number of ether oxygens (including phenoxy) is 2. The Balaban J connectivity index is 1.52. The van der Waals surface area contributed by atoms with E-state index in [-0.39, 0.29) is 29.8 Å². The van der Waals surface area contributed by atoms with Crippen LogP contribution in [0.5, 0.6) is 11.5 Å². The first-order chi connectivity index (χ1) is 16.4. The van der Waals surface area contributed by atoms with Crippen molar-refractivity contribution in [1.82, 2.24) is 8.87 Å². The van der Waals surface area contributed by atoms with Crippen LogP contribution in [0.3, 0.4) is 0 Å². The molecular weight excluding hydrogens is 474 g/mol. The second kappa shape index (κ2) is 10.1. The van der Waals surface area contributed by atoms with Gasteiger partial charge in [-0.05, 0) is 55.3 Å². The second-order valence-electron chi connectivity index (χ2n) is 7.92. The molecule has 1 aromatic heterocycles. The number of hydrogen-bond donors (Lipinski definition) is 0. The van der Waals surface area contributed by atoms with Gasteiger partial charge in [0.1, 0.15) is 11.5 Å². The number of nitrogens with zero attached hydrogens (tertiary/aromatic N) is 3. The molecule has 0 spiro atoms. The highest BCUT2D eigenvalue weighted by molar-refractivity contribution is 7.89. The Labute approximate surface area is 202 Å². The summed E-state index contributed by atoms with van der Waals surface area (Å²) >= 11 is 1.42. The SMILES string of the molecule is C=CCn1c(=NC(=O)C2CCN(S(=O)(=O)c3ccc(OC)cc3)CC2)sc2cc(OC)ccc21. The first-order valence-electron chi connectivity index (χ1n) is 10.9. The summed E-state index contributed by atoms with van der Waals surface area (Å²) in [5.41, 5.74) is 0.956. The molecule has 180 valence electrons. The van der Waals surface area contributed by atoms with Gasteiger partial charge in [-0.25, -0.2) is 8.42 Å². The average Bonchev–Trinajstić information content (AvgIpc) is 3.20. The van der Waals surface area contributed by atoms with Gasteiger partial charge in [0.05, 0.1) is 29.3 Å². The van der Waals surface area contributed by atoms with Crippen LogP contribution in [0.1, 0.15) is 12.8 Å². The minimum absolute atomic E-state index is 0.217. The molecule has 0 N–H and O–H groups in total. The van der Waals surface area contributed by atoms with E-state index < -0.39 is 10.0 Å². The number of rotatable bonds is 7. The quantitative estimate of drug-likeness (QED) is 0.463. The van der Waals surface area contributed by atoms with E-state index in [1.54, 1.807) is 25.3 Å². The van der Waals surface area contributed by atoms with Crippen molar-refractivity contribution >= 4 is 37.5 Å². The summed E-state index contributed by atoms with van der Waals surface area (Å²) in [6, 6.07) is 12.1. The summed E-state index contributed by atoms with van der Waals surface area (Å²) < 4.78 is 40.7. The highest BCUT2D eigenvalue weighted by Gasteiger charge is 2.32. The molecule has 0 unspecified atom stereocenters. The van der Waals surface area contributed by atoms with Gasteiger partial charge in [-0.1, -0.05) is 17.4 Å². The van der Waals surface area contributed by atoms with Crippen LogP contribution >= 0.6 is 11.3 Å². The number of carbonyl (C=O) groups excluding carboxylic acids is 1. The average molecular weight is 502 g/mol. The van der Waals surface area contributed by atoms with Gasteiger partial charge >= 0.3 is 0 Å². The minimum atomic E-state index is -3.62. The first-order valence-corrected chi connectivity index (χ1v) is 13.1. The molecule has 0 atom stereocenters. The van der Waals surface area contributed by atoms with E-state index in [0.29, 0.717) is 29.9 Å². The molecule has 2 aromatic carbocycles. The Morgan fingerprint density at radius 1 is 1.12 bits per heavy atom. The van der Waals surface area contributed by atoms with Crippen molar-refractivity contribution in [3.05, 3.63) is 59.9 Å². The number of carbonyl (C=O) groups is 1. The van der Waals surface area contributed by atoms with Crippen LogP contribution in [0.15, 0.2) is 65.0 Å². The number of amides is 1. The molecule has 1 saturated heterocycles. The number of sulfonamides is 1. The van der Waals surface area contributed by atoms with Crippen molar-refractivity contribution in [1.29, 1.82) is 0 Å². The molecule has 4 rings (SSSR count). The maximum absolute atomic E-state index is 13.0. The third-order valence-electron chi connectivity index (χ3n) is 5.91. The van der Waals surface area contributed by atoms with Crippen LogP contribution in [-0.2, 0) is 21.4 Å².